The normalized spacial score (nSPS) is 11.9. The van der Waals surface area contributed by atoms with Gasteiger partial charge in [0.15, 0.2) is 0 Å². The Kier molecular flexibility index (Phi) is 8.88. The molecule has 0 fully saturated rings. The second kappa shape index (κ2) is 11.0. The zero-order valence-corrected chi connectivity index (χ0v) is 13.9. The van der Waals surface area contributed by atoms with Gasteiger partial charge in [0.2, 0.25) is 0 Å². The molecule has 132 valence electrons. The first kappa shape index (κ1) is 19.4. The van der Waals surface area contributed by atoms with Gasteiger partial charge in [-0.25, -0.2) is 4.79 Å². The Labute approximate surface area is 141 Å². The zero-order valence-electron chi connectivity index (χ0n) is 13.9. The van der Waals surface area contributed by atoms with Gasteiger partial charge in [-0.05, 0) is 30.2 Å². The van der Waals surface area contributed by atoms with E-state index in [1.54, 1.807) is 43.2 Å². The number of carbonyl (C=O) groups excluding carboxylic acids is 1. The van der Waals surface area contributed by atoms with E-state index < -0.39 is 18.2 Å². The van der Waals surface area contributed by atoms with Gasteiger partial charge in [0.25, 0.3) is 6.29 Å². The van der Waals surface area contributed by atoms with Crippen LogP contribution in [0, 0.1) is 0 Å². The van der Waals surface area contributed by atoms with E-state index in [4.69, 9.17) is 14.7 Å². The van der Waals surface area contributed by atoms with E-state index in [2.05, 4.69) is 10.5 Å². The number of esters is 1. The molecule has 0 bridgehead atoms. The van der Waals surface area contributed by atoms with Crippen molar-refractivity contribution in [1.29, 1.82) is 0 Å². The lowest BCUT2D eigenvalue weighted by molar-refractivity contribution is -0.137. The molecule has 0 aliphatic heterocycles. The zero-order chi connectivity index (χ0) is 17.8. The number of aliphatic carboxylic acids is 1. The minimum atomic E-state index is -0.856. The summed E-state index contributed by atoms with van der Waals surface area (Å²) in [5.74, 6) is -1.28. The highest BCUT2D eigenvalue weighted by atomic mass is 16.8. The number of rotatable bonds is 11. The molecule has 1 N–H and O–H groups in total. The maximum atomic E-state index is 11.8. The highest BCUT2D eigenvalue weighted by Gasteiger charge is 2.12. The van der Waals surface area contributed by atoms with Crippen LogP contribution in [0.4, 0.5) is 0 Å². The molecule has 8 nitrogen and oxygen atoms in total. The van der Waals surface area contributed by atoms with Gasteiger partial charge in [0.1, 0.15) is 0 Å². The van der Waals surface area contributed by atoms with Crippen LogP contribution in [0.25, 0.3) is 0 Å². The number of benzene rings is 1. The highest BCUT2D eigenvalue weighted by molar-refractivity contribution is 5.89. The van der Waals surface area contributed by atoms with Crippen molar-refractivity contribution < 1.29 is 24.3 Å². The van der Waals surface area contributed by atoms with Crippen molar-refractivity contribution in [3.8, 4) is 0 Å². The third-order valence-electron chi connectivity index (χ3n) is 3.04. The van der Waals surface area contributed by atoms with Crippen molar-refractivity contribution in [2.24, 2.45) is 10.5 Å². The van der Waals surface area contributed by atoms with E-state index in [-0.39, 0.29) is 6.42 Å². The molecule has 1 unspecified atom stereocenters. The molecule has 0 heterocycles. The molecule has 0 aliphatic rings. The lowest BCUT2D eigenvalue weighted by atomic mass is 10.2. The maximum absolute atomic E-state index is 11.8. The summed E-state index contributed by atoms with van der Waals surface area (Å²) < 4.78 is 5.06. The Morgan fingerprint density at radius 2 is 1.92 bits per heavy atom. The van der Waals surface area contributed by atoms with Crippen molar-refractivity contribution in [3.63, 3.8) is 0 Å². The molecular weight excluding hydrogens is 314 g/mol. The van der Waals surface area contributed by atoms with Gasteiger partial charge in [-0.3, -0.25) is 9.80 Å². The molecular formula is C16H23N3O5. The Bertz CT molecular complexity index is 536. The molecule has 1 atom stereocenters. The monoisotopic (exact) mass is 337 g/mol. The smallest absolute Gasteiger partial charge is 0.341 e. The fourth-order valence-corrected chi connectivity index (χ4v) is 1.80. The second-order valence-corrected chi connectivity index (χ2v) is 5.20. The van der Waals surface area contributed by atoms with Gasteiger partial charge in [-0.1, -0.05) is 24.6 Å². The molecule has 0 spiro atoms. The molecule has 0 radical (unpaired) electrons. The van der Waals surface area contributed by atoms with Gasteiger partial charge in [0, 0.05) is 32.2 Å². The third kappa shape index (κ3) is 8.72. The van der Waals surface area contributed by atoms with Crippen molar-refractivity contribution in [3.05, 3.63) is 35.9 Å². The minimum absolute atomic E-state index is 0.179. The lowest BCUT2D eigenvalue weighted by Gasteiger charge is -2.12. The minimum Gasteiger partial charge on any atom is -0.481 e. The Morgan fingerprint density at radius 3 is 2.58 bits per heavy atom. The van der Waals surface area contributed by atoms with Crippen LogP contribution in [0.1, 0.15) is 43.0 Å². The van der Waals surface area contributed by atoms with E-state index in [0.717, 1.165) is 12.8 Å². The molecule has 0 saturated heterocycles. The summed E-state index contributed by atoms with van der Waals surface area (Å²) in [4.78, 5) is 27.1. The number of unbranched alkanes of at least 4 members (excludes halogenated alkanes) is 2. The number of hydrogen-bond acceptors (Lipinski definition) is 6. The average Bonchev–Trinajstić information content (AvgIpc) is 2.55. The molecule has 1 rings (SSSR count). The first-order chi connectivity index (χ1) is 11.5. The van der Waals surface area contributed by atoms with Gasteiger partial charge < -0.3 is 14.7 Å². The Balaban J connectivity index is 2.18. The quantitative estimate of drug-likeness (QED) is 0.219. The van der Waals surface area contributed by atoms with Crippen molar-refractivity contribution in [2.75, 3.05) is 13.6 Å². The molecule has 0 saturated carbocycles. The van der Waals surface area contributed by atoms with Gasteiger partial charge >= 0.3 is 11.9 Å². The largest absolute Gasteiger partial charge is 0.481 e. The van der Waals surface area contributed by atoms with Crippen LogP contribution in [0.3, 0.4) is 0 Å². The SMILES string of the molecule is CC(O/N=N\N(C)CCCCCC(=O)O)OC(=O)c1ccccc1. The van der Waals surface area contributed by atoms with Gasteiger partial charge in [-0.15, -0.1) is 0 Å². The van der Waals surface area contributed by atoms with E-state index in [1.807, 2.05) is 6.07 Å². The predicted molar refractivity (Wildman–Crippen MR) is 86.0 cm³/mol. The van der Waals surface area contributed by atoms with Crippen molar-refractivity contribution in [2.45, 2.75) is 38.9 Å². The number of carboxylic acids is 1. The van der Waals surface area contributed by atoms with E-state index in [1.165, 1.54) is 0 Å². The molecule has 24 heavy (non-hydrogen) atoms. The molecule has 1 aromatic rings. The topological polar surface area (TPSA) is 101 Å². The summed E-state index contributed by atoms with van der Waals surface area (Å²) in [6.45, 7) is 2.18. The molecule has 0 aromatic heterocycles. The van der Waals surface area contributed by atoms with E-state index in [9.17, 15) is 9.59 Å². The third-order valence-corrected chi connectivity index (χ3v) is 3.04. The van der Waals surface area contributed by atoms with Crippen LogP contribution in [0.5, 0.6) is 0 Å². The van der Waals surface area contributed by atoms with Gasteiger partial charge in [-0.2, -0.15) is 0 Å². The van der Waals surface area contributed by atoms with E-state index >= 15 is 0 Å². The fourth-order valence-electron chi connectivity index (χ4n) is 1.80. The number of ether oxygens (including phenoxy) is 1. The first-order valence-corrected chi connectivity index (χ1v) is 7.74. The number of nitrogens with zero attached hydrogens (tertiary/aromatic N) is 3. The van der Waals surface area contributed by atoms with Crippen LogP contribution in [0.15, 0.2) is 40.8 Å². The molecule has 0 amide bonds. The fraction of sp³-hybridized carbons (Fsp3) is 0.500. The van der Waals surface area contributed by atoms with Crippen LogP contribution < -0.4 is 0 Å². The summed E-state index contributed by atoms with van der Waals surface area (Å²) in [5.41, 5.74) is 0.434. The van der Waals surface area contributed by atoms with Crippen LogP contribution in [0.2, 0.25) is 0 Å². The Hall–Kier alpha value is -2.64. The van der Waals surface area contributed by atoms with E-state index in [0.29, 0.717) is 18.5 Å². The number of carboxylic acid groups (broad SMARTS) is 1. The van der Waals surface area contributed by atoms with Crippen LogP contribution in [-0.4, -0.2) is 41.9 Å². The number of hydrogen-bond donors (Lipinski definition) is 1. The molecule has 1 aromatic carbocycles. The van der Waals surface area contributed by atoms with Crippen LogP contribution in [-0.2, 0) is 14.4 Å². The first-order valence-electron chi connectivity index (χ1n) is 7.74. The highest BCUT2D eigenvalue weighted by Crippen LogP contribution is 2.06. The molecule has 8 heteroatoms. The lowest BCUT2D eigenvalue weighted by Crippen LogP contribution is -2.17. The number of carbonyl (C=O) groups is 2. The second-order valence-electron chi connectivity index (χ2n) is 5.20. The summed E-state index contributed by atoms with van der Waals surface area (Å²) in [7, 11) is 1.73. The maximum Gasteiger partial charge on any atom is 0.341 e. The van der Waals surface area contributed by atoms with Gasteiger partial charge in [0.05, 0.1) is 5.56 Å². The standard InChI is InChI=1S/C16H23N3O5/c1-13(23-16(22)14-9-5-3-6-10-14)24-18-17-19(2)12-8-4-7-11-15(20)21/h3,5-6,9-10,13H,4,7-8,11-12H2,1-2H3,(H,20,21)/b18-17-. The van der Waals surface area contributed by atoms with Crippen molar-refractivity contribution in [1.82, 2.24) is 5.01 Å². The summed E-state index contributed by atoms with van der Waals surface area (Å²) in [5, 5.41) is 17.4. The predicted octanol–water partition coefficient (Wildman–Crippen LogP) is 3.07. The molecule has 0 aliphatic carbocycles. The summed E-state index contributed by atoms with van der Waals surface area (Å²) in [6, 6.07) is 8.59. The summed E-state index contributed by atoms with van der Waals surface area (Å²) in [6.07, 6.45) is 1.58. The Morgan fingerprint density at radius 1 is 1.21 bits per heavy atom. The van der Waals surface area contributed by atoms with Crippen molar-refractivity contribution >= 4 is 11.9 Å². The van der Waals surface area contributed by atoms with Crippen LogP contribution >= 0.6 is 0 Å². The summed E-state index contributed by atoms with van der Waals surface area (Å²) >= 11 is 0. The average molecular weight is 337 g/mol.